The van der Waals surface area contributed by atoms with Crippen LogP contribution in [0.4, 0.5) is 10.7 Å². The average molecular weight is 262 g/mol. The lowest BCUT2D eigenvalue weighted by Crippen LogP contribution is -2.46. The summed E-state index contributed by atoms with van der Waals surface area (Å²) in [6.07, 6.45) is 0. The first-order valence-corrected chi connectivity index (χ1v) is 6.40. The molecule has 18 heavy (non-hydrogen) atoms. The number of rotatable bonds is 2. The Balaban J connectivity index is 2.15. The summed E-state index contributed by atoms with van der Waals surface area (Å²) in [4.78, 5) is 2.63. The zero-order chi connectivity index (χ0) is 13.1. The molecule has 94 valence electrons. The first-order valence-electron chi connectivity index (χ1n) is 5.58. The fourth-order valence-electron chi connectivity index (χ4n) is 1.78. The van der Waals surface area contributed by atoms with Gasteiger partial charge in [-0.25, -0.2) is 5.01 Å². The highest BCUT2D eigenvalue weighted by molar-refractivity contribution is 7.17. The maximum atomic E-state index is 9.08. The van der Waals surface area contributed by atoms with Crippen LogP contribution in [0.15, 0.2) is 0 Å². The van der Waals surface area contributed by atoms with Crippen LogP contribution in [0.25, 0.3) is 0 Å². The minimum Gasteiger partial charge on any atom is -0.396 e. The summed E-state index contributed by atoms with van der Waals surface area (Å²) in [5.41, 5.74) is 9.59. The summed E-state index contributed by atoms with van der Waals surface area (Å²) in [7, 11) is 2.08. The molecule has 1 fully saturated rings. The van der Waals surface area contributed by atoms with Crippen LogP contribution < -0.4 is 11.2 Å². The Hall–Kier alpha value is -1.80. The number of thiophene rings is 1. The van der Waals surface area contributed by atoms with Crippen molar-refractivity contribution in [1.29, 1.82) is 10.5 Å². The van der Waals surface area contributed by atoms with Crippen molar-refractivity contribution < 1.29 is 0 Å². The van der Waals surface area contributed by atoms with Gasteiger partial charge >= 0.3 is 0 Å². The molecular formula is C11H14N6S. The Bertz CT molecular complexity index is 515. The van der Waals surface area contributed by atoms with Crippen molar-refractivity contribution in [1.82, 2.24) is 9.91 Å². The minimum absolute atomic E-state index is 0.279. The van der Waals surface area contributed by atoms with Gasteiger partial charge in [0.15, 0.2) is 0 Å². The summed E-state index contributed by atoms with van der Waals surface area (Å²) in [6.45, 7) is 3.70. The van der Waals surface area contributed by atoms with Gasteiger partial charge in [-0.3, -0.25) is 0 Å². The van der Waals surface area contributed by atoms with E-state index >= 15 is 0 Å². The zero-order valence-electron chi connectivity index (χ0n) is 10.1. The highest BCUT2D eigenvalue weighted by Gasteiger charge is 2.19. The smallest absolute Gasteiger partial charge is 0.131 e. The molecular weight excluding hydrogens is 248 g/mol. The molecule has 0 saturated carbocycles. The van der Waals surface area contributed by atoms with E-state index in [1.54, 1.807) is 0 Å². The van der Waals surface area contributed by atoms with E-state index < -0.39 is 0 Å². The number of nitrogens with one attached hydrogen (secondary N) is 1. The summed E-state index contributed by atoms with van der Waals surface area (Å²) in [5, 5.41) is 20.7. The number of hydrogen-bond acceptors (Lipinski definition) is 7. The minimum atomic E-state index is 0.279. The third kappa shape index (κ3) is 2.39. The second-order valence-corrected chi connectivity index (χ2v) is 5.20. The van der Waals surface area contributed by atoms with Crippen molar-refractivity contribution >= 4 is 22.0 Å². The standard InChI is InChI=1S/C11H14N6S/c1-16-2-4-17(5-3-16)15-11-8(6-12)10(14)9(7-13)18-11/h15H,2-5,14H2,1H3. The van der Waals surface area contributed by atoms with Gasteiger partial charge in [0.1, 0.15) is 27.6 Å². The highest BCUT2D eigenvalue weighted by Crippen LogP contribution is 2.34. The normalized spacial score (nSPS) is 17.1. The van der Waals surface area contributed by atoms with Crippen LogP contribution in [0.2, 0.25) is 0 Å². The fraction of sp³-hybridized carbons (Fsp3) is 0.455. The number of nitrogens with zero attached hydrogens (tertiary/aromatic N) is 4. The molecule has 1 aromatic heterocycles. The topological polar surface area (TPSA) is 92.1 Å². The molecule has 0 amide bonds. The van der Waals surface area contributed by atoms with Gasteiger partial charge in [-0.15, -0.1) is 11.3 Å². The van der Waals surface area contributed by atoms with E-state index in [0.717, 1.165) is 26.2 Å². The van der Waals surface area contributed by atoms with Crippen LogP contribution in [0.5, 0.6) is 0 Å². The van der Waals surface area contributed by atoms with Gasteiger partial charge in [0, 0.05) is 26.2 Å². The summed E-state index contributed by atoms with van der Waals surface area (Å²) in [6, 6.07) is 4.06. The molecule has 0 atom stereocenters. The molecule has 2 rings (SSSR count). The van der Waals surface area contributed by atoms with E-state index in [2.05, 4.69) is 23.4 Å². The largest absolute Gasteiger partial charge is 0.396 e. The van der Waals surface area contributed by atoms with Gasteiger partial charge in [0.05, 0.1) is 5.69 Å². The van der Waals surface area contributed by atoms with Crippen LogP contribution in [-0.2, 0) is 0 Å². The number of piperazine rings is 1. The van der Waals surface area contributed by atoms with Gasteiger partial charge in [-0.05, 0) is 7.05 Å². The van der Waals surface area contributed by atoms with Crippen molar-refractivity contribution in [2.75, 3.05) is 44.4 Å². The monoisotopic (exact) mass is 262 g/mol. The number of nitrogens with two attached hydrogens (primary N) is 1. The molecule has 1 aliphatic rings. The summed E-state index contributed by atoms with van der Waals surface area (Å²) in [5.74, 6) is 0. The molecule has 1 aliphatic heterocycles. The van der Waals surface area contributed by atoms with Crippen LogP contribution in [0.3, 0.4) is 0 Å². The zero-order valence-corrected chi connectivity index (χ0v) is 10.9. The molecule has 0 spiro atoms. The Labute approximate surface area is 110 Å². The second-order valence-electron chi connectivity index (χ2n) is 4.17. The molecule has 0 radical (unpaired) electrons. The lowest BCUT2D eigenvalue weighted by atomic mass is 10.2. The van der Waals surface area contributed by atoms with Crippen molar-refractivity contribution in [2.24, 2.45) is 0 Å². The van der Waals surface area contributed by atoms with Crippen molar-refractivity contribution in [2.45, 2.75) is 0 Å². The molecule has 7 heteroatoms. The van der Waals surface area contributed by atoms with Gasteiger partial charge < -0.3 is 16.1 Å². The lowest BCUT2D eigenvalue weighted by molar-refractivity contribution is 0.179. The van der Waals surface area contributed by atoms with E-state index in [1.807, 2.05) is 11.1 Å². The number of hydrogen-bond donors (Lipinski definition) is 2. The molecule has 0 unspecified atom stereocenters. The fourth-order valence-corrected chi connectivity index (χ4v) is 2.67. The first-order chi connectivity index (χ1) is 8.65. The average Bonchev–Trinajstić information content (AvgIpc) is 2.68. The Morgan fingerprint density at radius 1 is 1.22 bits per heavy atom. The Morgan fingerprint density at radius 2 is 1.89 bits per heavy atom. The number of anilines is 2. The van der Waals surface area contributed by atoms with Crippen LogP contribution in [0.1, 0.15) is 10.4 Å². The van der Waals surface area contributed by atoms with E-state index in [-0.39, 0.29) is 5.69 Å². The van der Waals surface area contributed by atoms with Crippen molar-refractivity contribution in [3.8, 4) is 12.1 Å². The molecule has 3 N–H and O–H groups in total. The molecule has 0 bridgehead atoms. The third-order valence-corrected chi connectivity index (χ3v) is 3.94. The maximum absolute atomic E-state index is 9.08. The number of nitriles is 2. The summed E-state index contributed by atoms with van der Waals surface area (Å²) >= 11 is 1.23. The van der Waals surface area contributed by atoms with Gasteiger partial charge in [-0.2, -0.15) is 10.5 Å². The summed E-state index contributed by atoms with van der Waals surface area (Å²) < 4.78 is 0. The molecule has 6 nitrogen and oxygen atoms in total. The van der Waals surface area contributed by atoms with Crippen LogP contribution in [-0.4, -0.2) is 43.1 Å². The van der Waals surface area contributed by atoms with E-state index in [1.165, 1.54) is 11.3 Å². The maximum Gasteiger partial charge on any atom is 0.131 e. The molecule has 0 aromatic carbocycles. The van der Waals surface area contributed by atoms with Crippen molar-refractivity contribution in [3.63, 3.8) is 0 Å². The quantitative estimate of drug-likeness (QED) is 0.813. The number of hydrazine groups is 1. The molecule has 0 aliphatic carbocycles. The number of nitrogen functional groups attached to an aromatic ring is 1. The van der Waals surface area contributed by atoms with Gasteiger partial charge in [-0.1, -0.05) is 0 Å². The Kier molecular flexibility index (Phi) is 3.68. The molecule has 1 aromatic rings. The van der Waals surface area contributed by atoms with E-state index in [0.29, 0.717) is 15.4 Å². The van der Waals surface area contributed by atoms with Crippen LogP contribution >= 0.6 is 11.3 Å². The third-order valence-electron chi connectivity index (χ3n) is 2.92. The van der Waals surface area contributed by atoms with Crippen LogP contribution in [0, 0.1) is 22.7 Å². The molecule has 1 saturated heterocycles. The van der Waals surface area contributed by atoms with Crippen molar-refractivity contribution in [3.05, 3.63) is 10.4 Å². The SMILES string of the molecule is CN1CCN(Nc2sc(C#N)c(N)c2C#N)CC1. The van der Waals surface area contributed by atoms with Gasteiger partial charge in [0.25, 0.3) is 0 Å². The van der Waals surface area contributed by atoms with Gasteiger partial charge in [0.2, 0.25) is 0 Å². The van der Waals surface area contributed by atoms with E-state index in [9.17, 15) is 0 Å². The predicted molar refractivity (Wildman–Crippen MR) is 70.9 cm³/mol. The number of likely N-dealkylation sites (N-methyl/N-ethyl adjacent to an activating group) is 1. The Morgan fingerprint density at radius 3 is 2.44 bits per heavy atom. The first kappa shape index (κ1) is 12.7. The predicted octanol–water partition coefficient (Wildman–Crippen LogP) is 0.648. The molecule has 2 heterocycles. The highest BCUT2D eigenvalue weighted by atomic mass is 32.1. The second kappa shape index (κ2) is 5.23. The lowest BCUT2D eigenvalue weighted by Gasteiger charge is -2.32. The van der Waals surface area contributed by atoms with E-state index in [4.69, 9.17) is 16.3 Å².